The Hall–Kier alpha value is -2.97. The second-order valence-corrected chi connectivity index (χ2v) is 9.21. The van der Waals surface area contributed by atoms with Crippen LogP contribution in [0, 0.1) is 5.92 Å². The first kappa shape index (κ1) is 19.0. The zero-order chi connectivity index (χ0) is 20.9. The molecular formula is C22H23N5O2S. The summed E-state index contributed by atoms with van der Waals surface area (Å²) in [6, 6.07) is 9.66. The summed E-state index contributed by atoms with van der Waals surface area (Å²) in [5.41, 5.74) is 4.52. The van der Waals surface area contributed by atoms with Gasteiger partial charge in [-0.3, -0.25) is 0 Å². The minimum Gasteiger partial charge on any atom is -0.507 e. The van der Waals surface area contributed by atoms with Crippen molar-refractivity contribution in [3.63, 3.8) is 0 Å². The number of rotatable bonds is 4. The van der Waals surface area contributed by atoms with Crippen molar-refractivity contribution in [2.24, 2.45) is 5.92 Å². The van der Waals surface area contributed by atoms with Gasteiger partial charge in [-0.05, 0) is 44.5 Å². The molecule has 7 nitrogen and oxygen atoms in total. The second-order valence-electron chi connectivity index (χ2n) is 8.33. The Morgan fingerprint density at radius 3 is 2.80 bits per heavy atom. The average Bonchev–Trinajstić information content (AvgIpc) is 3.37. The molecule has 0 amide bonds. The van der Waals surface area contributed by atoms with E-state index in [1.54, 1.807) is 17.4 Å². The van der Waals surface area contributed by atoms with E-state index in [9.17, 15) is 10.2 Å². The lowest BCUT2D eigenvalue weighted by Crippen LogP contribution is -2.33. The van der Waals surface area contributed by atoms with Crippen LogP contribution >= 0.6 is 11.3 Å². The van der Waals surface area contributed by atoms with E-state index in [0.29, 0.717) is 16.7 Å². The van der Waals surface area contributed by atoms with E-state index in [2.05, 4.69) is 25.2 Å². The summed E-state index contributed by atoms with van der Waals surface area (Å²) >= 11 is 1.58. The Balaban J connectivity index is 1.48. The quantitative estimate of drug-likeness (QED) is 0.453. The van der Waals surface area contributed by atoms with Crippen molar-refractivity contribution < 1.29 is 10.2 Å². The van der Waals surface area contributed by atoms with Crippen LogP contribution in [0.5, 0.6) is 5.75 Å². The molecule has 1 atom stereocenters. The van der Waals surface area contributed by atoms with E-state index in [1.165, 1.54) is 6.33 Å². The summed E-state index contributed by atoms with van der Waals surface area (Å²) in [5.74, 6) is 0.888. The van der Waals surface area contributed by atoms with Crippen molar-refractivity contribution in [2.45, 2.75) is 25.9 Å². The largest absolute Gasteiger partial charge is 0.507 e. The lowest BCUT2D eigenvalue weighted by Gasteiger charge is -2.26. The van der Waals surface area contributed by atoms with Gasteiger partial charge in [0.2, 0.25) is 0 Å². The van der Waals surface area contributed by atoms with Crippen molar-refractivity contribution >= 4 is 49.6 Å². The van der Waals surface area contributed by atoms with Crippen LogP contribution in [0.15, 0.2) is 42.2 Å². The van der Waals surface area contributed by atoms with Gasteiger partial charge in [0, 0.05) is 36.4 Å². The number of aromatic nitrogens is 3. The smallest absolute Gasteiger partial charge is 0.145 e. The first-order chi connectivity index (χ1) is 14.4. The average molecular weight is 422 g/mol. The number of fused-ring (bicyclic) bond motifs is 2. The molecule has 3 heterocycles. The Bertz CT molecular complexity index is 1230. The zero-order valence-corrected chi connectivity index (χ0v) is 17.6. The van der Waals surface area contributed by atoms with Gasteiger partial charge in [0.25, 0.3) is 0 Å². The van der Waals surface area contributed by atoms with Crippen molar-refractivity contribution in [1.29, 1.82) is 0 Å². The minimum atomic E-state index is -0.716. The number of nitrogens with one attached hydrogen (secondary N) is 1. The molecule has 2 aromatic heterocycles. The molecule has 0 unspecified atom stereocenters. The standard InChI is InChI=1S/C22H23N5O2S/c1-22(2,29)13-5-6-27(10-13)15-8-17-20(18(28)9-15)21(24-11-23-17)26-14-3-4-16-19(7-14)30-12-25-16/h3-4,7-9,11-13,28-29H,5-6,10H2,1-2H3,(H,23,24,26)/t13-/m1/s1. The van der Waals surface area contributed by atoms with Gasteiger partial charge < -0.3 is 20.4 Å². The number of phenols is 1. The highest BCUT2D eigenvalue weighted by molar-refractivity contribution is 7.16. The molecule has 0 spiro atoms. The van der Waals surface area contributed by atoms with Crippen LogP contribution < -0.4 is 10.2 Å². The molecular weight excluding hydrogens is 398 g/mol. The molecule has 1 aliphatic heterocycles. The third kappa shape index (κ3) is 3.42. The maximum atomic E-state index is 10.8. The summed E-state index contributed by atoms with van der Waals surface area (Å²) in [4.78, 5) is 15.2. The summed E-state index contributed by atoms with van der Waals surface area (Å²) in [6.45, 7) is 5.30. The van der Waals surface area contributed by atoms with Gasteiger partial charge in [0.1, 0.15) is 17.9 Å². The van der Waals surface area contributed by atoms with E-state index in [0.717, 1.165) is 41.1 Å². The van der Waals surface area contributed by atoms with E-state index in [1.807, 2.05) is 43.6 Å². The number of aliphatic hydroxyl groups is 1. The number of thiazole rings is 1. The summed E-state index contributed by atoms with van der Waals surface area (Å²) < 4.78 is 1.08. The summed E-state index contributed by atoms with van der Waals surface area (Å²) in [5, 5.41) is 25.1. The third-order valence-electron chi connectivity index (χ3n) is 5.85. The zero-order valence-electron chi connectivity index (χ0n) is 16.8. The van der Waals surface area contributed by atoms with Gasteiger partial charge >= 0.3 is 0 Å². The second kappa shape index (κ2) is 7.07. The minimum absolute atomic E-state index is 0.135. The Labute approximate surface area is 178 Å². The van der Waals surface area contributed by atoms with Gasteiger partial charge in [-0.25, -0.2) is 15.0 Å². The Morgan fingerprint density at radius 2 is 2.00 bits per heavy atom. The van der Waals surface area contributed by atoms with Crippen LogP contribution in [-0.4, -0.2) is 43.9 Å². The van der Waals surface area contributed by atoms with Crippen LogP contribution in [0.2, 0.25) is 0 Å². The molecule has 5 rings (SSSR count). The fourth-order valence-corrected chi connectivity index (χ4v) is 4.79. The van der Waals surface area contributed by atoms with E-state index >= 15 is 0 Å². The van der Waals surface area contributed by atoms with Crippen molar-refractivity contribution in [3.05, 3.63) is 42.2 Å². The lowest BCUT2D eigenvalue weighted by molar-refractivity contribution is 0.0263. The number of benzene rings is 2. The molecule has 0 radical (unpaired) electrons. The van der Waals surface area contributed by atoms with Gasteiger partial charge in [-0.2, -0.15) is 0 Å². The Kier molecular flexibility index (Phi) is 4.48. The highest BCUT2D eigenvalue weighted by atomic mass is 32.1. The fourth-order valence-electron chi connectivity index (χ4n) is 4.07. The van der Waals surface area contributed by atoms with Crippen molar-refractivity contribution in [2.75, 3.05) is 23.3 Å². The van der Waals surface area contributed by atoms with Crippen LogP contribution in [0.25, 0.3) is 21.1 Å². The van der Waals surface area contributed by atoms with Crippen molar-refractivity contribution in [3.8, 4) is 5.75 Å². The highest BCUT2D eigenvalue weighted by Crippen LogP contribution is 2.38. The monoisotopic (exact) mass is 421 g/mol. The molecule has 30 heavy (non-hydrogen) atoms. The van der Waals surface area contributed by atoms with Gasteiger partial charge in [0.15, 0.2) is 0 Å². The molecule has 0 aliphatic carbocycles. The predicted octanol–water partition coefficient (Wildman–Crippen LogP) is 4.29. The SMILES string of the molecule is CC(C)(O)[C@@H]1CCN(c2cc(O)c3c(Nc4ccc5ncsc5c4)ncnc3c2)C1. The maximum absolute atomic E-state index is 10.8. The number of hydrogen-bond donors (Lipinski definition) is 3. The summed E-state index contributed by atoms with van der Waals surface area (Å²) in [6.07, 6.45) is 2.42. The molecule has 1 fully saturated rings. The van der Waals surface area contributed by atoms with Crippen LogP contribution in [0.4, 0.5) is 17.2 Å². The van der Waals surface area contributed by atoms with E-state index in [4.69, 9.17) is 0 Å². The van der Waals surface area contributed by atoms with Crippen molar-refractivity contribution in [1.82, 2.24) is 15.0 Å². The Morgan fingerprint density at radius 1 is 1.13 bits per heavy atom. The first-order valence-corrected chi connectivity index (χ1v) is 10.8. The molecule has 8 heteroatoms. The van der Waals surface area contributed by atoms with E-state index < -0.39 is 5.60 Å². The third-order valence-corrected chi connectivity index (χ3v) is 6.64. The summed E-state index contributed by atoms with van der Waals surface area (Å²) in [7, 11) is 0. The molecule has 0 bridgehead atoms. The number of nitrogens with zero attached hydrogens (tertiary/aromatic N) is 4. The van der Waals surface area contributed by atoms with Crippen LogP contribution in [0.3, 0.4) is 0 Å². The molecule has 0 saturated carbocycles. The molecule has 4 aromatic rings. The van der Waals surface area contributed by atoms with E-state index in [-0.39, 0.29) is 11.7 Å². The van der Waals surface area contributed by atoms with Gasteiger partial charge in [-0.15, -0.1) is 11.3 Å². The van der Waals surface area contributed by atoms with Gasteiger partial charge in [-0.1, -0.05) is 0 Å². The molecule has 3 N–H and O–H groups in total. The normalized spacial score (nSPS) is 17.2. The number of aromatic hydroxyl groups is 1. The maximum Gasteiger partial charge on any atom is 0.145 e. The number of hydrogen-bond acceptors (Lipinski definition) is 8. The molecule has 2 aromatic carbocycles. The molecule has 154 valence electrons. The van der Waals surface area contributed by atoms with Crippen LogP contribution in [0.1, 0.15) is 20.3 Å². The lowest BCUT2D eigenvalue weighted by atomic mass is 9.90. The fraction of sp³-hybridized carbons (Fsp3) is 0.318. The first-order valence-electron chi connectivity index (χ1n) is 9.94. The highest BCUT2D eigenvalue weighted by Gasteiger charge is 2.33. The molecule has 1 saturated heterocycles. The molecule has 1 aliphatic rings. The van der Waals surface area contributed by atoms with Crippen LogP contribution in [-0.2, 0) is 0 Å². The van der Waals surface area contributed by atoms with Gasteiger partial charge in [0.05, 0.1) is 32.2 Å². The topological polar surface area (TPSA) is 94.4 Å². The number of phenolic OH excluding ortho intramolecular Hbond substituents is 1. The predicted molar refractivity (Wildman–Crippen MR) is 121 cm³/mol. The number of anilines is 3.